The third-order valence-electron chi connectivity index (χ3n) is 3.09. The van der Waals surface area contributed by atoms with Gasteiger partial charge in [0.2, 0.25) is 0 Å². The van der Waals surface area contributed by atoms with Crippen molar-refractivity contribution in [2.75, 3.05) is 12.4 Å². The summed E-state index contributed by atoms with van der Waals surface area (Å²) in [5, 5.41) is 13.0. The van der Waals surface area contributed by atoms with E-state index >= 15 is 0 Å². The average Bonchev–Trinajstić information content (AvgIpc) is 2.41. The maximum Gasteiger partial charge on any atom is 0.358 e. The van der Waals surface area contributed by atoms with E-state index in [4.69, 9.17) is 0 Å². The molecule has 6 nitrogen and oxygen atoms in total. The highest BCUT2D eigenvalue weighted by molar-refractivity contribution is 5.87. The van der Waals surface area contributed by atoms with Crippen LogP contribution in [0, 0.1) is 0 Å². The number of ether oxygens (including phenoxy) is 1. The highest BCUT2D eigenvalue weighted by atomic mass is 16.5. The molecule has 18 heavy (non-hydrogen) atoms. The average molecular weight is 251 g/mol. The Morgan fingerprint density at radius 3 is 2.94 bits per heavy atom. The Morgan fingerprint density at radius 1 is 1.44 bits per heavy atom. The number of carbonyl (C=O) groups excluding carboxylic acids is 1. The summed E-state index contributed by atoms with van der Waals surface area (Å²) in [5.74, 6) is -0.0285. The molecule has 0 aromatic carbocycles. The van der Waals surface area contributed by atoms with Gasteiger partial charge in [-0.1, -0.05) is 12.8 Å². The van der Waals surface area contributed by atoms with Crippen molar-refractivity contribution in [3.63, 3.8) is 0 Å². The van der Waals surface area contributed by atoms with E-state index in [1.807, 2.05) is 0 Å². The van der Waals surface area contributed by atoms with E-state index in [9.17, 15) is 9.90 Å². The first-order valence-electron chi connectivity index (χ1n) is 6.05. The van der Waals surface area contributed by atoms with Gasteiger partial charge in [-0.25, -0.2) is 9.78 Å². The van der Waals surface area contributed by atoms with Gasteiger partial charge in [-0.2, -0.15) is 0 Å². The number of aliphatic hydroxyl groups is 1. The molecular weight excluding hydrogens is 234 g/mol. The van der Waals surface area contributed by atoms with Crippen molar-refractivity contribution in [3.05, 3.63) is 18.1 Å². The molecule has 1 aromatic rings. The molecule has 6 heteroatoms. The number of aromatic nitrogens is 2. The Balaban J connectivity index is 2.06. The van der Waals surface area contributed by atoms with E-state index < -0.39 is 5.97 Å². The van der Waals surface area contributed by atoms with Crippen LogP contribution in [-0.4, -0.2) is 40.3 Å². The largest absolute Gasteiger partial charge is 0.464 e. The minimum atomic E-state index is -0.518. The summed E-state index contributed by atoms with van der Waals surface area (Å²) in [6, 6.07) is -0.0269. The lowest BCUT2D eigenvalue weighted by atomic mass is 9.93. The van der Waals surface area contributed by atoms with Gasteiger partial charge in [-0.15, -0.1) is 0 Å². The molecule has 1 fully saturated rings. The molecule has 0 spiro atoms. The fourth-order valence-corrected chi connectivity index (χ4v) is 2.11. The van der Waals surface area contributed by atoms with Crippen LogP contribution in [0.2, 0.25) is 0 Å². The summed E-state index contributed by atoms with van der Waals surface area (Å²) in [6.07, 6.45) is 6.34. The van der Waals surface area contributed by atoms with Gasteiger partial charge in [0, 0.05) is 0 Å². The first kappa shape index (κ1) is 12.8. The molecule has 2 N–H and O–H groups in total. The van der Waals surface area contributed by atoms with E-state index in [-0.39, 0.29) is 17.8 Å². The molecule has 0 amide bonds. The zero-order valence-electron chi connectivity index (χ0n) is 10.3. The van der Waals surface area contributed by atoms with Crippen molar-refractivity contribution in [3.8, 4) is 0 Å². The van der Waals surface area contributed by atoms with Crippen LogP contribution < -0.4 is 5.32 Å². The first-order valence-corrected chi connectivity index (χ1v) is 6.05. The van der Waals surface area contributed by atoms with Gasteiger partial charge in [0.15, 0.2) is 5.69 Å². The van der Waals surface area contributed by atoms with Crippen molar-refractivity contribution in [1.29, 1.82) is 0 Å². The normalized spacial score (nSPS) is 23.4. The van der Waals surface area contributed by atoms with Crippen LogP contribution >= 0.6 is 0 Å². The Labute approximate surface area is 105 Å². The third kappa shape index (κ3) is 2.95. The molecule has 0 aliphatic heterocycles. The summed E-state index contributed by atoms with van der Waals surface area (Å²) in [5.41, 5.74) is 0.160. The zero-order valence-corrected chi connectivity index (χ0v) is 10.3. The Hall–Kier alpha value is -1.69. The third-order valence-corrected chi connectivity index (χ3v) is 3.09. The van der Waals surface area contributed by atoms with Gasteiger partial charge >= 0.3 is 5.97 Å². The fraction of sp³-hybridized carbons (Fsp3) is 0.583. The van der Waals surface area contributed by atoms with Crippen molar-refractivity contribution >= 4 is 11.8 Å². The molecule has 2 unspecified atom stereocenters. The summed E-state index contributed by atoms with van der Waals surface area (Å²) in [7, 11) is 1.30. The molecule has 2 rings (SSSR count). The van der Waals surface area contributed by atoms with Crippen molar-refractivity contribution in [2.45, 2.75) is 37.8 Å². The molecule has 0 bridgehead atoms. The molecule has 0 radical (unpaired) electrons. The SMILES string of the molecule is COC(=O)c1cncc(NC2CCCCC2O)n1. The summed E-state index contributed by atoms with van der Waals surface area (Å²) in [4.78, 5) is 19.4. The number of anilines is 1. The molecule has 1 aliphatic carbocycles. The van der Waals surface area contributed by atoms with Gasteiger partial charge < -0.3 is 15.2 Å². The van der Waals surface area contributed by atoms with Crippen LogP contribution in [0.25, 0.3) is 0 Å². The van der Waals surface area contributed by atoms with Crippen LogP contribution in [0.3, 0.4) is 0 Å². The summed E-state index contributed by atoms with van der Waals surface area (Å²) < 4.78 is 4.58. The Bertz CT molecular complexity index is 425. The topological polar surface area (TPSA) is 84.3 Å². The first-order chi connectivity index (χ1) is 8.70. The Morgan fingerprint density at radius 2 is 2.22 bits per heavy atom. The van der Waals surface area contributed by atoms with Gasteiger partial charge in [-0.05, 0) is 12.8 Å². The number of carbonyl (C=O) groups is 1. The second kappa shape index (κ2) is 5.77. The molecule has 0 saturated heterocycles. The minimum Gasteiger partial charge on any atom is -0.464 e. The minimum absolute atomic E-state index is 0.0269. The number of nitrogens with zero attached hydrogens (tertiary/aromatic N) is 2. The molecule has 2 atom stereocenters. The van der Waals surface area contributed by atoms with E-state index in [0.29, 0.717) is 5.82 Å². The fourth-order valence-electron chi connectivity index (χ4n) is 2.11. The number of hydrogen-bond donors (Lipinski definition) is 2. The number of esters is 1. The predicted molar refractivity (Wildman–Crippen MR) is 65.3 cm³/mol. The molecule has 1 saturated carbocycles. The number of hydrogen-bond acceptors (Lipinski definition) is 6. The monoisotopic (exact) mass is 251 g/mol. The van der Waals surface area contributed by atoms with Crippen LogP contribution in [0.1, 0.15) is 36.2 Å². The number of nitrogens with one attached hydrogen (secondary N) is 1. The number of rotatable bonds is 3. The molecular formula is C12H17N3O3. The maximum absolute atomic E-state index is 11.3. The van der Waals surface area contributed by atoms with Crippen molar-refractivity contribution in [2.24, 2.45) is 0 Å². The van der Waals surface area contributed by atoms with Gasteiger partial charge in [0.1, 0.15) is 5.82 Å². The number of methoxy groups -OCH3 is 1. The Kier molecular flexibility index (Phi) is 4.09. The molecule has 1 aromatic heterocycles. The van der Waals surface area contributed by atoms with E-state index in [2.05, 4.69) is 20.0 Å². The zero-order chi connectivity index (χ0) is 13.0. The van der Waals surface area contributed by atoms with Crippen LogP contribution in [-0.2, 0) is 4.74 Å². The van der Waals surface area contributed by atoms with Crippen LogP contribution in [0.15, 0.2) is 12.4 Å². The quantitative estimate of drug-likeness (QED) is 0.779. The standard InChI is InChI=1S/C12H17N3O3/c1-18-12(17)9-6-13-7-11(15-9)14-8-4-2-3-5-10(8)16/h6-8,10,16H,2-5H2,1H3,(H,14,15). The summed E-state index contributed by atoms with van der Waals surface area (Å²) in [6.45, 7) is 0. The van der Waals surface area contributed by atoms with Crippen molar-refractivity contribution < 1.29 is 14.6 Å². The van der Waals surface area contributed by atoms with E-state index in [1.165, 1.54) is 19.5 Å². The van der Waals surface area contributed by atoms with Crippen LogP contribution in [0.5, 0.6) is 0 Å². The molecule has 98 valence electrons. The van der Waals surface area contributed by atoms with Gasteiger partial charge in [0.05, 0.1) is 31.6 Å². The smallest absolute Gasteiger partial charge is 0.358 e. The molecule has 1 aliphatic rings. The molecule has 1 heterocycles. The predicted octanol–water partition coefficient (Wildman–Crippen LogP) is 0.979. The lowest BCUT2D eigenvalue weighted by molar-refractivity contribution is 0.0593. The van der Waals surface area contributed by atoms with Crippen LogP contribution in [0.4, 0.5) is 5.82 Å². The highest BCUT2D eigenvalue weighted by Gasteiger charge is 2.23. The lowest BCUT2D eigenvalue weighted by Crippen LogP contribution is -2.36. The van der Waals surface area contributed by atoms with E-state index in [1.54, 1.807) is 0 Å². The van der Waals surface area contributed by atoms with Gasteiger partial charge in [-0.3, -0.25) is 4.98 Å². The second-order valence-electron chi connectivity index (χ2n) is 4.38. The lowest BCUT2D eigenvalue weighted by Gasteiger charge is -2.28. The highest BCUT2D eigenvalue weighted by Crippen LogP contribution is 2.21. The van der Waals surface area contributed by atoms with Crippen molar-refractivity contribution in [1.82, 2.24) is 9.97 Å². The van der Waals surface area contributed by atoms with E-state index in [0.717, 1.165) is 25.7 Å². The second-order valence-corrected chi connectivity index (χ2v) is 4.38. The summed E-state index contributed by atoms with van der Waals surface area (Å²) >= 11 is 0. The number of aliphatic hydroxyl groups excluding tert-OH is 1. The maximum atomic E-state index is 11.3. The van der Waals surface area contributed by atoms with Gasteiger partial charge in [0.25, 0.3) is 0 Å².